The number of benzene rings is 1. The van der Waals surface area contributed by atoms with Crippen LogP contribution in [0.15, 0.2) is 24.3 Å². The summed E-state index contributed by atoms with van der Waals surface area (Å²) >= 11 is 6.13. The van der Waals surface area contributed by atoms with Gasteiger partial charge in [-0.1, -0.05) is 29.8 Å². The molecule has 0 saturated carbocycles. The second-order valence-electron chi connectivity index (χ2n) is 4.67. The van der Waals surface area contributed by atoms with Crippen molar-refractivity contribution in [1.29, 1.82) is 0 Å². The van der Waals surface area contributed by atoms with E-state index >= 15 is 0 Å². The minimum absolute atomic E-state index is 0.0786. The lowest BCUT2D eigenvalue weighted by atomic mass is 10.0. The number of halogens is 1. The Morgan fingerprint density at radius 1 is 1.25 bits per heavy atom. The number of hydrogen-bond donors (Lipinski definition) is 0. The Morgan fingerprint density at radius 3 is 2.50 bits per heavy atom. The predicted octanol–water partition coefficient (Wildman–Crippen LogP) is 3.42. The molecule has 1 heterocycles. The van der Waals surface area contributed by atoms with Crippen LogP contribution in [-0.2, 0) is 15.9 Å². The molecular weight excluding hydrogens is 224 g/mol. The van der Waals surface area contributed by atoms with Gasteiger partial charge < -0.3 is 9.47 Å². The molecule has 16 heavy (non-hydrogen) atoms. The molecular formula is C13H17ClO2. The van der Waals surface area contributed by atoms with Crippen molar-refractivity contribution in [1.82, 2.24) is 0 Å². The van der Waals surface area contributed by atoms with E-state index in [0.29, 0.717) is 0 Å². The summed E-state index contributed by atoms with van der Waals surface area (Å²) in [4.78, 5) is 0. The molecule has 2 atom stereocenters. The Morgan fingerprint density at radius 2 is 1.94 bits per heavy atom. The Bertz CT molecular complexity index is 376. The average molecular weight is 241 g/mol. The van der Waals surface area contributed by atoms with Gasteiger partial charge >= 0.3 is 0 Å². The average Bonchev–Trinajstić information content (AvgIpc) is 2.44. The maximum Gasteiger partial charge on any atom is 0.163 e. The Balaban J connectivity index is 2.09. The first kappa shape index (κ1) is 11.9. The van der Waals surface area contributed by atoms with Crippen LogP contribution in [0.1, 0.15) is 26.3 Å². The zero-order chi connectivity index (χ0) is 11.8. The molecule has 0 aromatic heterocycles. The van der Waals surface area contributed by atoms with E-state index in [9.17, 15) is 0 Å². The van der Waals surface area contributed by atoms with Gasteiger partial charge in [0.2, 0.25) is 0 Å². The van der Waals surface area contributed by atoms with E-state index in [1.165, 1.54) is 0 Å². The molecule has 3 heteroatoms. The zero-order valence-electron chi connectivity index (χ0n) is 9.87. The van der Waals surface area contributed by atoms with Crippen LogP contribution in [0.25, 0.3) is 0 Å². The second kappa shape index (κ2) is 4.36. The summed E-state index contributed by atoms with van der Waals surface area (Å²) in [5.74, 6) is -0.481. The highest BCUT2D eigenvalue weighted by Crippen LogP contribution is 2.31. The normalized spacial score (nSPS) is 28.2. The fourth-order valence-electron chi connectivity index (χ4n) is 2.10. The van der Waals surface area contributed by atoms with Crippen molar-refractivity contribution in [3.63, 3.8) is 0 Å². The topological polar surface area (TPSA) is 18.5 Å². The molecule has 2 rings (SSSR count). The molecule has 0 bridgehead atoms. The highest BCUT2D eigenvalue weighted by molar-refractivity contribution is 6.31. The first-order valence-electron chi connectivity index (χ1n) is 5.57. The molecule has 88 valence electrons. The minimum Gasteiger partial charge on any atom is -0.345 e. The van der Waals surface area contributed by atoms with Gasteiger partial charge in [-0.3, -0.25) is 0 Å². The molecule has 1 aliphatic heterocycles. The van der Waals surface area contributed by atoms with E-state index in [4.69, 9.17) is 21.1 Å². The first-order chi connectivity index (χ1) is 7.48. The van der Waals surface area contributed by atoms with Crippen molar-refractivity contribution in [2.24, 2.45) is 0 Å². The van der Waals surface area contributed by atoms with E-state index < -0.39 is 5.79 Å². The molecule has 1 aliphatic rings. The van der Waals surface area contributed by atoms with Crippen molar-refractivity contribution >= 4 is 11.6 Å². The maximum atomic E-state index is 6.13. The van der Waals surface area contributed by atoms with Crippen LogP contribution < -0.4 is 0 Å². The lowest BCUT2D eigenvalue weighted by Gasteiger charge is -2.17. The molecule has 1 aromatic carbocycles. The van der Waals surface area contributed by atoms with Gasteiger partial charge in [-0.05, 0) is 32.4 Å². The highest BCUT2D eigenvalue weighted by atomic mass is 35.5. The van der Waals surface area contributed by atoms with Gasteiger partial charge in [0, 0.05) is 11.4 Å². The van der Waals surface area contributed by atoms with E-state index in [0.717, 1.165) is 17.0 Å². The molecule has 0 aliphatic carbocycles. The van der Waals surface area contributed by atoms with Crippen molar-refractivity contribution in [3.8, 4) is 0 Å². The van der Waals surface area contributed by atoms with Crippen molar-refractivity contribution in [2.75, 3.05) is 0 Å². The summed E-state index contributed by atoms with van der Waals surface area (Å²) < 4.78 is 11.5. The van der Waals surface area contributed by atoms with Crippen molar-refractivity contribution < 1.29 is 9.47 Å². The zero-order valence-corrected chi connectivity index (χ0v) is 10.6. The van der Waals surface area contributed by atoms with E-state index in [1.54, 1.807) is 0 Å². The third-order valence-electron chi connectivity index (χ3n) is 2.81. The molecule has 0 amide bonds. The van der Waals surface area contributed by atoms with Crippen LogP contribution in [0, 0.1) is 0 Å². The molecule has 0 radical (unpaired) electrons. The largest absolute Gasteiger partial charge is 0.345 e. The summed E-state index contributed by atoms with van der Waals surface area (Å²) in [6, 6.07) is 7.87. The highest BCUT2D eigenvalue weighted by Gasteiger charge is 2.38. The lowest BCUT2D eigenvalue weighted by molar-refractivity contribution is -0.144. The molecule has 0 N–H and O–H groups in total. The predicted molar refractivity (Wildman–Crippen MR) is 64.7 cm³/mol. The van der Waals surface area contributed by atoms with Gasteiger partial charge in [0.25, 0.3) is 0 Å². The van der Waals surface area contributed by atoms with Gasteiger partial charge in [0.05, 0.1) is 12.2 Å². The van der Waals surface area contributed by atoms with Crippen LogP contribution >= 0.6 is 11.6 Å². The summed E-state index contributed by atoms with van der Waals surface area (Å²) in [6.07, 6.45) is 0.978. The second-order valence-corrected chi connectivity index (χ2v) is 5.08. The summed E-state index contributed by atoms with van der Waals surface area (Å²) in [5, 5.41) is 0.794. The molecule has 1 aromatic rings. The van der Waals surface area contributed by atoms with Crippen LogP contribution in [-0.4, -0.2) is 18.0 Å². The number of hydrogen-bond acceptors (Lipinski definition) is 2. The van der Waals surface area contributed by atoms with Crippen molar-refractivity contribution in [3.05, 3.63) is 34.9 Å². The summed E-state index contributed by atoms with van der Waals surface area (Å²) in [5.41, 5.74) is 1.11. The third kappa shape index (κ3) is 2.57. The Hall–Kier alpha value is -0.570. The Labute approximate surface area is 102 Å². The van der Waals surface area contributed by atoms with Crippen LogP contribution in [0.4, 0.5) is 0 Å². The monoisotopic (exact) mass is 240 g/mol. The molecule has 0 spiro atoms. The van der Waals surface area contributed by atoms with Crippen LogP contribution in [0.3, 0.4) is 0 Å². The number of rotatable bonds is 2. The maximum absolute atomic E-state index is 6.13. The first-order valence-corrected chi connectivity index (χ1v) is 5.95. The Kier molecular flexibility index (Phi) is 3.24. The minimum atomic E-state index is -0.481. The van der Waals surface area contributed by atoms with E-state index in [2.05, 4.69) is 0 Å². The summed E-state index contributed by atoms with van der Waals surface area (Å²) in [6.45, 7) is 5.92. The van der Waals surface area contributed by atoms with Gasteiger partial charge in [-0.2, -0.15) is 0 Å². The fourth-order valence-corrected chi connectivity index (χ4v) is 2.31. The fraction of sp³-hybridized carbons (Fsp3) is 0.538. The van der Waals surface area contributed by atoms with Crippen LogP contribution in [0.2, 0.25) is 5.02 Å². The summed E-state index contributed by atoms with van der Waals surface area (Å²) in [7, 11) is 0. The molecule has 1 saturated heterocycles. The third-order valence-corrected chi connectivity index (χ3v) is 3.18. The van der Waals surface area contributed by atoms with Gasteiger partial charge in [0.1, 0.15) is 0 Å². The van der Waals surface area contributed by atoms with Gasteiger partial charge in [-0.15, -0.1) is 0 Å². The number of ether oxygens (including phenoxy) is 2. The van der Waals surface area contributed by atoms with E-state index in [1.807, 2.05) is 45.0 Å². The van der Waals surface area contributed by atoms with Gasteiger partial charge in [-0.25, -0.2) is 0 Å². The smallest absolute Gasteiger partial charge is 0.163 e. The van der Waals surface area contributed by atoms with Crippen molar-refractivity contribution in [2.45, 2.75) is 45.2 Å². The van der Waals surface area contributed by atoms with Gasteiger partial charge in [0.15, 0.2) is 5.79 Å². The molecule has 2 unspecified atom stereocenters. The SMILES string of the molecule is CC1OC(C)(C)OC1Cc1ccccc1Cl. The van der Waals surface area contributed by atoms with Crippen LogP contribution in [0.5, 0.6) is 0 Å². The van der Waals surface area contributed by atoms with E-state index in [-0.39, 0.29) is 12.2 Å². The standard InChI is InChI=1S/C13H17ClO2/c1-9-12(16-13(2,3)15-9)8-10-6-4-5-7-11(10)14/h4-7,9,12H,8H2,1-3H3. The quantitative estimate of drug-likeness (QED) is 0.789. The lowest BCUT2D eigenvalue weighted by Crippen LogP contribution is -2.23. The molecule has 2 nitrogen and oxygen atoms in total. The molecule has 1 fully saturated rings.